The lowest BCUT2D eigenvalue weighted by Gasteiger charge is -2.20. The van der Waals surface area contributed by atoms with E-state index in [9.17, 15) is 19.7 Å². The third-order valence-corrected chi connectivity index (χ3v) is 3.91. The fourth-order valence-corrected chi connectivity index (χ4v) is 2.60. The van der Waals surface area contributed by atoms with E-state index in [1.165, 1.54) is 12.1 Å². The zero-order valence-corrected chi connectivity index (χ0v) is 12.8. The van der Waals surface area contributed by atoms with E-state index < -0.39 is 10.8 Å². The Bertz CT molecular complexity index is 627. The number of rotatable bonds is 4. The highest BCUT2D eigenvalue weighted by atomic mass is 16.6. The molecule has 1 saturated heterocycles. The lowest BCUT2D eigenvalue weighted by molar-refractivity contribution is -0.385. The molecule has 0 unspecified atom stereocenters. The molecule has 0 saturated carbocycles. The lowest BCUT2D eigenvalue weighted by atomic mass is 10.1. The van der Waals surface area contributed by atoms with Gasteiger partial charge in [-0.1, -0.05) is 6.07 Å². The summed E-state index contributed by atoms with van der Waals surface area (Å²) >= 11 is 0. The first-order valence-electron chi connectivity index (χ1n) is 7.15. The molecule has 0 aliphatic carbocycles. The molecule has 1 N–H and O–H groups in total. The van der Waals surface area contributed by atoms with E-state index >= 15 is 0 Å². The standard InChI is InChI=1S/C15H19N3O4/c1-9(2)17-8-11(7-14(17)19)15(20)16-12-5-4-6-13(10(12)3)18(21)22/h4-6,9,11H,7-8H2,1-3H3,(H,16,20)/t11-/m1/s1. The molecule has 7 heteroatoms. The highest BCUT2D eigenvalue weighted by molar-refractivity contribution is 5.98. The van der Waals surface area contributed by atoms with Crippen LogP contribution in [-0.4, -0.2) is 34.2 Å². The molecule has 2 amide bonds. The Kier molecular flexibility index (Phi) is 4.44. The fraction of sp³-hybridized carbons (Fsp3) is 0.467. The van der Waals surface area contributed by atoms with Crippen molar-refractivity contribution in [2.24, 2.45) is 5.92 Å². The van der Waals surface area contributed by atoms with Gasteiger partial charge < -0.3 is 10.2 Å². The van der Waals surface area contributed by atoms with Crippen molar-refractivity contribution >= 4 is 23.2 Å². The Balaban J connectivity index is 2.12. The third-order valence-electron chi connectivity index (χ3n) is 3.91. The molecule has 1 aromatic rings. The molecule has 1 heterocycles. The van der Waals surface area contributed by atoms with Crippen LogP contribution in [-0.2, 0) is 9.59 Å². The number of amides is 2. The van der Waals surface area contributed by atoms with Crippen molar-refractivity contribution in [3.8, 4) is 0 Å². The van der Waals surface area contributed by atoms with Crippen molar-refractivity contribution in [2.45, 2.75) is 33.2 Å². The van der Waals surface area contributed by atoms with Gasteiger partial charge in [0.15, 0.2) is 0 Å². The lowest BCUT2D eigenvalue weighted by Crippen LogP contribution is -2.33. The first-order chi connectivity index (χ1) is 10.3. The molecular weight excluding hydrogens is 286 g/mol. The number of nitro benzene ring substituents is 1. The van der Waals surface area contributed by atoms with Crippen LogP contribution in [0.4, 0.5) is 11.4 Å². The number of benzene rings is 1. The zero-order chi connectivity index (χ0) is 16.4. The number of carbonyl (C=O) groups excluding carboxylic acids is 2. The van der Waals surface area contributed by atoms with Gasteiger partial charge in [0.05, 0.1) is 22.1 Å². The molecule has 0 bridgehead atoms. The van der Waals surface area contributed by atoms with Crippen molar-refractivity contribution < 1.29 is 14.5 Å². The second kappa shape index (κ2) is 6.13. The second-order valence-electron chi connectivity index (χ2n) is 5.74. The van der Waals surface area contributed by atoms with Crippen LogP contribution in [0.25, 0.3) is 0 Å². The van der Waals surface area contributed by atoms with Crippen LogP contribution in [0.2, 0.25) is 0 Å². The minimum absolute atomic E-state index is 0.0362. The van der Waals surface area contributed by atoms with Crippen LogP contribution < -0.4 is 5.32 Å². The Hall–Kier alpha value is -2.44. The number of nitrogens with one attached hydrogen (secondary N) is 1. The van der Waals surface area contributed by atoms with Crippen LogP contribution in [0.15, 0.2) is 18.2 Å². The summed E-state index contributed by atoms with van der Waals surface area (Å²) in [6.07, 6.45) is 0.179. The minimum Gasteiger partial charge on any atom is -0.339 e. The molecule has 0 spiro atoms. The molecular formula is C15H19N3O4. The van der Waals surface area contributed by atoms with E-state index in [1.807, 2.05) is 13.8 Å². The highest BCUT2D eigenvalue weighted by Crippen LogP contribution is 2.27. The maximum atomic E-state index is 12.3. The first kappa shape index (κ1) is 15.9. The van der Waals surface area contributed by atoms with Gasteiger partial charge in [0.2, 0.25) is 11.8 Å². The molecule has 1 aliphatic rings. The summed E-state index contributed by atoms with van der Waals surface area (Å²) in [5, 5.41) is 13.6. The Morgan fingerprint density at radius 1 is 1.45 bits per heavy atom. The molecule has 2 rings (SSSR count). The average molecular weight is 305 g/mol. The van der Waals surface area contributed by atoms with Crippen molar-refractivity contribution in [1.29, 1.82) is 0 Å². The summed E-state index contributed by atoms with van der Waals surface area (Å²) in [6, 6.07) is 4.60. The summed E-state index contributed by atoms with van der Waals surface area (Å²) < 4.78 is 0. The number of hydrogen-bond donors (Lipinski definition) is 1. The molecule has 7 nitrogen and oxygen atoms in total. The van der Waals surface area contributed by atoms with Gasteiger partial charge in [-0.05, 0) is 26.8 Å². The molecule has 0 radical (unpaired) electrons. The average Bonchev–Trinajstić information content (AvgIpc) is 2.83. The van der Waals surface area contributed by atoms with Crippen LogP contribution >= 0.6 is 0 Å². The molecule has 1 fully saturated rings. The van der Waals surface area contributed by atoms with Crippen LogP contribution in [0.1, 0.15) is 25.8 Å². The number of hydrogen-bond acceptors (Lipinski definition) is 4. The van der Waals surface area contributed by atoms with Crippen molar-refractivity contribution in [2.75, 3.05) is 11.9 Å². The highest BCUT2D eigenvalue weighted by Gasteiger charge is 2.35. The van der Waals surface area contributed by atoms with Gasteiger partial charge in [0.1, 0.15) is 0 Å². The van der Waals surface area contributed by atoms with Crippen molar-refractivity contribution in [1.82, 2.24) is 4.90 Å². The predicted molar refractivity (Wildman–Crippen MR) is 81.4 cm³/mol. The summed E-state index contributed by atoms with van der Waals surface area (Å²) in [6.45, 7) is 5.79. The molecule has 0 aromatic heterocycles. The summed E-state index contributed by atoms with van der Waals surface area (Å²) in [5.41, 5.74) is 0.782. The molecule has 1 aliphatic heterocycles. The summed E-state index contributed by atoms with van der Waals surface area (Å²) in [5.74, 6) is -0.737. The van der Waals surface area contributed by atoms with E-state index in [0.29, 0.717) is 17.8 Å². The van der Waals surface area contributed by atoms with E-state index in [0.717, 1.165) is 0 Å². The largest absolute Gasteiger partial charge is 0.339 e. The van der Waals surface area contributed by atoms with Gasteiger partial charge in [-0.15, -0.1) is 0 Å². The van der Waals surface area contributed by atoms with Crippen LogP contribution in [0.5, 0.6) is 0 Å². The molecule has 22 heavy (non-hydrogen) atoms. The Morgan fingerprint density at radius 3 is 2.68 bits per heavy atom. The van der Waals surface area contributed by atoms with Crippen molar-refractivity contribution in [3.63, 3.8) is 0 Å². The molecule has 118 valence electrons. The smallest absolute Gasteiger partial charge is 0.274 e. The van der Waals surface area contributed by atoms with E-state index in [1.54, 1.807) is 17.9 Å². The maximum Gasteiger partial charge on any atom is 0.274 e. The third kappa shape index (κ3) is 3.08. The summed E-state index contributed by atoms with van der Waals surface area (Å²) in [4.78, 5) is 36.3. The fourth-order valence-electron chi connectivity index (χ4n) is 2.60. The summed E-state index contributed by atoms with van der Waals surface area (Å²) in [7, 11) is 0. The second-order valence-corrected chi connectivity index (χ2v) is 5.74. The van der Waals surface area contributed by atoms with Crippen LogP contribution in [0.3, 0.4) is 0 Å². The Labute approximate surface area is 128 Å². The van der Waals surface area contributed by atoms with Gasteiger partial charge >= 0.3 is 0 Å². The number of carbonyl (C=O) groups is 2. The molecule has 1 aromatic carbocycles. The topological polar surface area (TPSA) is 92.6 Å². The number of anilines is 1. The quantitative estimate of drug-likeness (QED) is 0.681. The number of likely N-dealkylation sites (tertiary alicyclic amines) is 1. The number of nitro groups is 1. The monoisotopic (exact) mass is 305 g/mol. The maximum absolute atomic E-state index is 12.3. The Morgan fingerprint density at radius 2 is 2.14 bits per heavy atom. The van der Waals surface area contributed by atoms with Crippen LogP contribution in [0, 0.1) is 23.0 Å². The predicted octanol–water partition coefficient (Wildman–Crippen LogP) is 2.10. The minimum atomic E-state index is -0.482. The van der Waals surface area contributed by atoms with Gasteiger partial charge in [-0.3, -0.25) is 19.7 Å². The van der Waals surface area contributed by atoms with Gasteiger partial charge in [0, 0.05) is 25.1 Å². The number of nitrogens with zero attached hydrogens (tertiary/aromatic N) is 2. The SMILES string of the molecule is Cc1c(NC(=O)[C@@H]2CC(=O)N(C(C)C)C2)cccc1[N+](=O)[O-]. The molecule has 1 atom stereocenters. The first-order valence-corrected chi connectivity index (χ1v) is 7.15. The zero-order valence-electron chi connectivity index (χ0n) is 12.8. The van der Waals surface area contributed by atoms with Crippen molar-refractivity contribution in [3.05, 3.63) is 33.9 Å². The van der Waals surface area contributed by atoms with E-state index in [-0.39, 0.29) is 30.0 Å². The van der Waals surface area contributed by atoms with E-state index in [2.05, 4.69) is 5.32 Å². The van der Waals surface area contributed by atoms with Gasteiger partial charge in [0.25, 0.3) is 5.69 Å². The normalized spacial score (nSPS) is 17.9. The van der Waals surface area contributed by atoms with Gasteiger partial charge in [-0.25, -0.2) is 0 Å². The van der Waals surface area contributed by atoms with E-state index in [4.69, 9.17) is 0 Å². The van der Waals surface area contributed by atoms with Gasteiger partial charge in [-0.2, -0.15) is 0 Å².